The van der Waals surface area contributed by atoms with Gasteiger partial charge in [-0.15, -0.1) is 0 Å². The van der Waals surface area contributed by atoms with Gasteiger partial charge in [0.25, 0.3) is 0 Å². The van der Waals surface area contributed by atoms with E-state index in [0.717, 1.165) is 19.4 Å². The topological polar surface area (TPSA) is 68.5 Å². The van der Waals surface area contributed by atoms with Crippen LogP contribution in [0.1, 0.15) is 19.8 Å². The van der Waals surface area contributed by atoms with Crippen LogP contribution >= 0.6 is 11.8 Å². The minimum absolute atomic E-state index is 0.589. The van der Waals surface area contributed by atoms with Crippen molar-refractivity contribution in [3.8, 4) is 5.95 Å². The highest BCUT2D eigenvalue weighted by Gasteiger charge is 2.06. The van der Waals surface area contributed by atoms with Gasteiger partial charge in [0, 0.05) is 18.9 Å². The van der Waals surface area contributed by atoms with Gasteiger partial charge in [0.15, 0.2) is 5.16 Å². The first-order valence-electron chi connectivity index (χ1n) is 5.85. The zero-order valence-electron chi connectivity index (χ0n) is 10.5. The molecule has 0 atom stereocenters. The Balaban J connectivity index is 2.22. The van der Waals surface area contributed by atoms with E-state index in [4.69, 9.17) is 0 Å². The minimum Gasteiger partial charge on any atom is -0.354 e. The summed E-state index contributed by atoms with van der Waals surface area (Å²) in [6.07, 6.45) is 9.38. The molecule has 0 radical (unpaired) electrons. The first-order chi connectivity index (χ1) is 8.83. The van der Waals surface area contributed by atoms with Crippen LogP contribution in [-0.4, -0.2) is 37.3 Å². The lowest BCUT2D eigenvalue weighted by molar-refractivity contribution is 0.794. The molecule has 0 unspecified atom stereocenters. The Hall–Kier alpha value is -1.63. The summed E-state index contributed by atoms with van der Waals surface area (Å²) in [5.41, 5.74) is 0. The average Bonchev–Trinajstić information content (AvgIpc) is 2.92. The van der Waals surface area contributed by atoms with Crippen molar-refractivity contribution in [1.29, 1.82) is 0 Å². The number of nitrogens with zero attached hydrogens (tertiary/aromatic N) is 5. The molecule has 0 aliphatic heterocycles. The maximum absolute atomic E-state index is 4.37. The van der Waals surface area contributed by atoms with Crippen LogP contribution in [0.25, 0.3) is 5.95 Å². The lowest BCUT2D eigenvalue weighted by Gasteiger charge is -2.07. The number of imidazole rings is 1. The number of hydrogen-bond donors (Lipinski definition) is 1. The lowest BCUT2D eigenvalue weighted by atomic mass is 10.3. The van der Waals surface area contributed by atoms with Crippen LogP contribution in [0.2, 0.25) is 0 Å². The average molecular weight is 264 g/mol. The molecule has 0 aromatic carbocycles. The van der Waals surface area contributed by atoms with E-state index >= 15 is 0 Å². The fourth-order valence-corrected chi connectivity index (χ4v) is 1.74. The first-order valence-corrected chi connectivity index (χ1v) is 7.08. The molecule has 7 heteroatoms. The molecular weight excluding hydrogens is 248 g/mol. The molecule has 0 aliphatic rings. The van der Waals surface area contributed by atoms with Crippen LogP contribution in [0, 0.1) is 0 Å². The number of nitrogens with one attached hydrogen (secondary N) is 1. The standard InChI is InChI=1S/C11H16N6S/c1-3-4-5-13-9-14-10(16-11(15-9)18-2)17-7-6-12-8-17/h6-8H,3-5H2,1-2H3,(H,13,14,15,16). The Morgan fingerprint density at radius 1 is 1.33 bits per heavy atom. The van der Waals surface area contributed by atoms with Crippen molar-refractivity contribution in [2.24, 2.45) is 0 Å². The Kier molecular flexibility index (Phi) is 4.52. The van der Waals surface area contributed by atoms with Gasteiger partial charge in [0.2, 0.25) is 11.9 Å². The molecule has 0 spiro atoms. The molecule has 1 N–H and O–H groups in total. The highest BCUT2D eigenvalue weighted by atomic mass is 32.2. The summed E-state index contributed by atoms with van der Waals surface area (Å²) in [4.78, 5) is 17.0. The quantitative estimate of drug-likeness (QED) is 0.635. The van der Waals surface area contributed by atoms with Crippen molar-refractivity contribution in [2.45, 2.75) is 24.9 Å². The van der Waals surface area contributed by atoms with E-state index in [1.807, 2.05) is 12.5 Å². The van der Waals surface area contributed by atoms with Crippen LogP contribution < -0.4 is 5.32 Å². The minimum atomic E-state index is 0.589. The van der Waals surface area contributed by atoms with Crippen LogP contribution in [0.3, 0.4) is 0 Å². The van der Waals surface area contributed by atoms with Gasteiger partial charge >= 0.3 is 0 Å². The van der Waals surface area contributed by atoms with Crippen LogP contribution in [-0.2, 0) is 0 Å². The molecule has 0 fully saturated rings. The molecule has 0 saturated heterocycles. The van der Waals surface area contributed by atoms with Gasteiger partial charge in [-0.05, 0) is 12.7 Å². The zero-order valence-corrected chi connectivity index (χ0v) is 11.3. The zero-order chi connectivity index (χ0) is 12.8. The van der Waals surface area contributed by atoms with Crippen LogP contribution in [0.15, 0.2) is 23.9 Å². The predicted octanol–water partition coefficient (Wildman–Crippen LogP) is 1.99. The van der Waals surface area contributed by atoms with Crippen molar-refractivity contribution in [3.63, 3.8) is 0 Å². The third-order valence-electron chi connectivity index (χ3n) is 2.33. The fourth-order valence-electron chi connectivity index (χ4n) is 1.39. The molecular formula is C11H16N6S. The van der Waals surface area contributed by atoms with Crippen molar-refractivity contribution >= 4 is 17.7 Å². The van der Waals surface area contributed by atoms with Gasteiger partial charge < -0.3 is 5.32 Å². The maximum Gasteiger partial charge on any atom is 0.240 e. The van der Waals surface area contributed by atoms with E-state index < -0.39 is 0 Å². The number of anilines is 1. The number of rotatable bonds is 6. The molecule has 0 amide bonds. The smallest absolute Gasteiger partial charge is 0.240 e. The van der Waals surface area contributed by atoms with Gasteiger partial charge in [-0.25, -0.2) is 4.98 Å². The van der Waals surface area contributed by atoms with E-state index in [2.05, 4.69) is 32.2 Å². The largest absolute Gasteiger partial charge is 0.354 e. The van der Waals surface area contributed by atoms with E-state index in [-0.39, 0.29) is 0 Å². The Labute approximate surface area is 110 Å². The lowest BCUT2D eigenvalue weighted by Crippen LogP contribution is -2.10. The molecule has 0 bridgehead atoms. The number of hydrogen-bond acceptors (Lipinski definition) is 6. The number of thioether (sulfide) groups is 1. The molecule has 0 saturated carbocycles. The van der Waals surface area contributed by atoms with Crippen molar-refractivity contribution < 1.29 is 0 Å². The van der Waals surface area contributed by atoms with Gasteiger partial charge in [-0.2, -0.15) is 15.0 Å². The molecule has 2 rings (SSSR count). The van der Waals surface area contributed by atoms with Gasteiger partial charge in [-0.1, -0.05) is 25.1 Å². The second-order valence-electron chi connectivity index (χ2n) is 3.70. The monoisotopic (exact) mass is 264 g/mol. The van der Waals surface area contributed by atoms with Crippen molar-refractivity contribution in [3.05, 3.63) is 18.7 Å². The first kappa shape index (κ1) is 12.8. The van der Waals surface area contributed by atoms with Gasteiger partial charge in [0.1, 0.15) is 6.33 Å². The molecule has 18 heavy (non-hydrogen) atoms. The molecule has 96 valence electrons. The summed E-state index contributed by atoms with van der Waals surface area (Å²) in [5.74, 6) is 1.21. The summed E-state index contributed by atoms with van der Waals surface area (Å²) >= 11 is 1.50. The SMILES string of the molecule is CCCCNc1nc(SC)nc(-n2ccnc2)n1. The molecule has 0 aliphatic carbocycles. The summed E-state index contributed by atoms with van der Waals surface area (Å²) in [7, 11) is 0. The molecule has 2 aromatic heterocycles. The Morgan fingerprint density at radius 2 is 2.22 bits per heavy atom. The van der Waals surface area contributed by atoms with E-state index in [1.54, 1.807) is 17.1 Å². The number of aromatic nitrogens is 5. The summed E-state index contributed by atoms with van der Waals surface area (Å²) in [5, 5.41) is 3.91. The van der Waals surface area contributed by atoms with E-state index in [0.29, 0.717) is 17.1 Å². The van der Waals surface area contributed by atoms with Crippen LogP contribution in [0.4, 0.5) is 5.95 Å². The van der Waals surface area contributed by atoms with Gasteiger partial charge in [-0.3, -0.25) is 4.57 Å². The fraction of sp³-hybridized carbons (Fsp3) is 0.455. The second-order valence-corrected chi connectivity index (χ2v) is 4.47. The summed E-state index contributed by atoms with van der Waals surface area (Å²) in [6.45, 7) is 3.02. The van der Waals surface area contributed by atoms with E-state index in [9.17, 15) is 0 Å². The Bertz CT molecular complexity index is 484. The Morgan fingerprint density at radius 3 is 2.89 bits per heavy atom. The van der Waals surface area contributed by atoms with E-state index in [1.165, 1.54) is 11.8 Å². The molecule has 2 aromatic rings. The summed E-state index contributed by atoms with van der Waals surface area (Å²) in [6, 6.07) is 0. The maximum atomic E-state index is 4.37. The van der Waals surface area contributed by atoms with Crippen LogP contribution in [0.5, 0.6) is 0 Å². The summed E-state index contributed by atoms with van der Waals surface area (Å²) < 4.78 is 1.77. The highest BCUT2D eigenvalue weighted by Crippen LogP contribution is 2.13. The second kappa shape index (κ2) is 6.34. The van der Waals surface area contributed by atoms with Crippen molar-refractivity contribution in [1.82, 2.24) is 24.5 Å². The number of unbranched alkanes of at least 4 members (excludes halogenated alkanes) is 1. The normalized spacial score (nSPS) is 10.6. The van der Waals surface area contributed by atoms with Gasteiger partial charge in [0.05, 0.1) is 0 Å². The predicted molar refractivity (Wildman–Crippen MR) is 72.1 cm³/mol. The highest BCUT2D eigenvalue weighted by molar-refractivity contribution is 7.98. The third kappa shape index (κ3) is 3.19. The molecule has 6 nitrogen and oxygen atoms in total. The molecule has 2 heterocycles. The van der Waals surface area contributed by atoms with Crippen molar-refractivity contribution in [2.75, 3.05) is 18.1 Å². The third-order valence-corrected chi connectivity index (χ3v) is 2.88.